The number of hydrogen-bond donors (Lipinski definition) is 4. The van der Waals surface area contributed by atoms with Gasteiger partial charge in [-0.2, -0.15) is 0 Å². The summed E-state index contributed by atoms with van der Waals surface area (Å²) in [5.74, 6) is 0.630. The molecule has 0 aliphatic carbocycles. The molecule has 0 aromatic rings. The second kappa shape index (κ2) is 62.8. The van der Waals surface area contributed by atoms with E-state index in [2.05, 4.69) is 67.6 Å². The summed E-state index contributed by atoms with van der Waals surface area (Å²) in [6.45, 7) is 17.9. The van der Waals surface area contributed by atoms with E-state index in [0.717, 1.165) is 45.2 Å². The largest absolute Gasteiger partial charge is 0.386 e. The van der Waals surface area contributed by atoms with Gasteiger partial charge in [-0.25, -0.2) is 0 Å². The van der Waals surface area contributed by atoms with E-state index in [1.807, 2.05) is 20.8 Å². The number of carbonyl (C=O) groups excluding carboxylic acids is 2. The van der Waals surface area contributed by atoms with Gasteiger partial charge in [0, 0.05) is 19.0 Å². The molecule has 0 saturated carbocycles. The molecule has 6 nitrogen and oxygen atoms in total. The van der Waals surface area contributed by atoms with E-state index >= 15 is 0 Å². The molecule has 66 heavy (non-hydrogen) atoms. The van der Waals surface area contributed by atoms with E-state index in [1.165, 1.54) is 238 Å². The van der Waals surface area contributed by atoms with Crippen molar-refractivity contribution in [2.45, 2.75) is 311 Å². The summed E-state index contributed by atoms with van der Waals surface area (Å²) in [5.41, 5.74) is 5.10. The van der Waals surface area contributed by atoms with Gasteiger partial charge in [0.05, 0.1) is 12.4 Å². The zero-order valence-corrected chi connectivity index (χ0v) is 45.8. The fraction of sp³-hybridized carbons (Fsp3) is 0.867. The number of nitrogens with one attached hydrogen (secondary N) is 3. The second-order valence-electron chi connectivity index (χ2n) is 19.2. The number of unbranched alkanes of at least 4 members (excludes halogenated alkanes) is 35. The van der Waals surface area contributed by atoms with Crippen LogP contribution >= 0.6 is 0 Å². The standard InChI is InChI=1S/C54H104N2O2.C4H10N2.C2H6/c1-4-7-10-13-16-19-22-25-28-29-31-34-37-40-43-46-49-52(48-45-42-39-36-33-30-26-23-20-17-14-11-8-5-2)54(58)56-51-53(57)55-50-47-44-41-38-35-32-27-24-21-18-15-12-9-6-3;1-3-6-4(2)5;1-2/h25-26,28,30,52H,4-24,27,29,31-51H2,1-3H3,(H,55,57)(H,56,58);6H,2-3,5H2,1H3;1-2H3/b28-25-,30-26-;;. The van der Waals surface area contributed by atoms with Gasteiger partial charge in [0.2, 0.25) is 11.8 Å². The van der Waals surface area contributed by atoms with Crippen molar-refractivity contribution in [2.75, 3.05) is 19.6 Å². The maximum atomic E-state index is 13.3. The number of amides is 2. The predicted octanol–water partition coefficient (Wildman–Crippen LogP) is 18.4. The van der Waals surface area contributed by atoms with E-state index in [0.29, 0.717) is 5.82 Å². The van der Waals surface area contributed by atoms with Gasteiger partial charge >= 0.3 is 0 Å². The Morgan fingerprint density at radius 2 is 0.697 bits per heavy atom. The minimum atomic E-state index is -0.0383. The molecule has 1 atom stereocenters. The molecule has 0 fully saturated rings. The first-order valence-corrected chi connectivity index (χ1v) is 29.4. The third-order valence-electron chi connectivity index (χ3n) is 12.7. The molecule has 0 bridgehead atoms. The number of carbonyl (C=O) groups is 2. The Kier molecular flexibility index (Phi) is 64.7. The van der Waals surface area contributed by atoms with Crippen molar-refractivity contribution in [1.29, 1.82) is 0 Å². The van der Waals surface area contributed by atoms with Crippen LogP contribution in [-0.4, -0.2) is 31.4 Å². The van der Waals surface area contributed by atoms with Gasteiger partial charge in [-0.15, -0.1) is 0 Å². The van der Waals surface area contributed by atoms with Crippen molar-refractivity contribution >= 4 is 11.8 Å². The van der Waals surface area contributed by atoms with Gasteiger partial charge in [0.15, 0.2) is 0 Å². The monoisotopic (exact) mass is 929 g/mol. The fourth-order valence-electron chi connectivity index (χ4n) is 8.48. The van der Waals surface area contributed by atoms with Crippen molar-refractivity contribution in [3.8, 4) is 0 Å². The predicted molar refractivity (Wildman–Crippen MR) is 297 cm³/mol. The molecule has 392 valence electrons. The average Bonchev–Trinajstić information content (AvgIpc) is 3.32. The lowest BCUT2D eigenvalue weighted by atomic mass is 9.93. The Hall–Kier alpha value is -2.24. The maximum Gasteiger partial charge on any atom is 0.239 e. The molecule has 0 aromatic carbocycles. The van der Waals surface area contributed by atoms with Crippen LogP contribution < -0.4 is 21.7 Å². The summed E-state index contributed by atoms with van der Waals surface area (Å²) < 4.78 is 0. The summed E-state index contributed by atoms with van der Waals surface area (Å²) in [7, 11) is 0. The van der Waals surface area contributed by atoms with E-state index in [9.17, 15) is 9.59 Å². The first-order chi connectivity index (χ1) is 32.4. The third kappa shape index (κ3) is 61.8. The van der Waals surface area contributed by atoms with Gasteiger partial charge in [0.1, 0.15) is 0 Å². The van der Waals surface area contributed by atoms with Crippen molar-refractivity contribution < 1.29 is 9.59 Å². The number of hydrogen-bond acceptors (Lipinski definition) is 4. The highest BCUT2D eigenvalue weighted by Crippen LogP contribution is 2.20. The van der Waals surface area contributed by atoms with Gasteiger partial charge in [0.25, 0.3) is 0 Å². The molecular weight excluding hydrogens is 809 g/mol. The Balaban J connectivity index is -0.00000455. The van der Waals surface area contributed by atoms with E-state index < -0.39 is 0 Å². The molecule has 0 heterocycles. The molecule has 0 saturated heterocycles. The van der Waals surface area contributed by atoms with Crippen molar-refractivity contribution in [1.82, 2.24) is 16.0 Å². The molecule has 1 unspecified atom stereocenters. The Labute approximate surface area is 415 Å². The topological polar surface area (TPSA) is 96.2 Å². The molecule has 0 aliphatic rings. The molecule has 5 N–H and O–H groups in total. The van der Waals surface area contributed by atoms with Gasteiger partial charge in [-0.05, 0) is 77.6 Å². The highest BCUT2D eigenvalue weighted by molar-refractivity contribution is 5.85. The second-order valence-corrected chi connectivity index (χ2v) is 19.2. The van der Waals surface area contributed by atoms with E-state index in [4.69, 9.17) is 5.73 Å². The number of rotatable bonds is 50. The van der Waals surface area contributed by atoms with E-state index in [1.54, 1.807) is 0 Å². The van der Waals surface area contributed by atoms with Gasteiger partial charge < -0.3 is 21.7 Å². The molecule has 0 radical (unpaired) electrons. The minimum absolute atomic E-state index is 0.0348. The Bertz CT molecular complexity index is 1010. The normalized spacial score (nSPS) is 11.5. The highest BCUT2D eigenvalue weighted by atomic mass is 16.2. The Morgan fingerprint density at radius 3 is 0.985 bits per heavy atom. The van der Waals surface area contributed by atoms with E-state index in [-0.39, 0.29) is 24.3 Å². The van der Waals surface area contributed by atoms with Crippen LogP contribution in [0.2, 0.25) is 0 Å². The molecule has 2 amide bonds. The van der Waals surface area contributed by atoms with Crippen LogP contribution in [0.15, 0.2) is 36.7 Å². The summed E-state index contributed by atoms with van der Waals surface area (Å²) in [6.07, 6.45) is 63.9. The summed E-state index contributed by atoms with van der Waals surface area (Å²) >= 11 is 0. The first-order valence-electron chi connectivity index (χ1n) is 29.4. The summed E-state index contributed by atoms with van der Waals surface area (Å²) in [4.78, 5) is 25.9. The molecule has 0 aliphatic heterocycles. The lowest BCUT2D eigenvalue weighted by Crippen LogP contribution is -2.40. The van der Waals surface area contributed by atoms with Crippen molar-refractivity contribution in [3.63, 3.8) is 0 Å². The zero-order chi connectivity index (χ0) is 49.1. The molecular formula is C60H120N4O2. The summed E-state index contributed by atoms with van der Waals surface area (Å²) in [5, 5.41) is 8.87. The molecule has 6 heteroatoms. The van der Waals surface area contributed by atoms with Gasteiger partial charge in [-0.3, -0.25) is 9.59 Å². The average molecular weight is 930 g/mol. The fourth-order valence-corrected chi connectivity index (χ4v) is 8.48. The zero-order valence-electron chi connectivity index (χ0n) is 45.8. The van der Waals surface area contributed by atoms with Crippen LogP contribution in [0.3, 0.4) is 0 Å². The van der Waals surface area contributed by atoms with Crippen molar-refractivity contribution in [2.24, 2.45) is 11.7 Å². The minimum Gasteiger partial charge on any atom is -0.386 e. The lowest BCUT2D eigenvalue weighted by Gasteiger charge is -2.17. The lowest BCUT2D eigenvalue weighted by molar-refractivity contribution is -0.129. The van der Waals surface area contributed by atoms with Gasteiger partial charge in [-0.1, -0.05) is 265 Å². The summed E-state index contributed by atoms with van der Waals surface area (Å²) in [6, 6.07) is 0. The van der Waals surface area contributed by atoms with Crippen LogP contribution in [0, 0.1) is 5.92 Å². The quantitative estimate of drug-likeness (QED) is 0.0361. The SMILES string of the molecule is C=C(N)NCC.CC.CCCCCCCC/C=C\CCCCCCCCC(CCCCCC/C=C\CCCCCCCC)C(=O)NCC(=O)NCCCCCCCCCCCCCCCC. The van der Waals surface area contributed by atoms with Crippen LogP contribution in [0.4, 0.5) is 0 Å². The smallest absolute Gasteiger partial charge is 0.239 e. The number of nitrogens with two attached hydrogens (primary N) is 1. The maximum absolute atomic E-state index is 13.3. The van der Waals surface area contributed by atoms with Crippen molar-refractivity contribution in [3.05, 3.63) is 36.7 Å². The van der Waals surface area contributed by atoms with Crippen LogP contribution in [-0.2, 0) is 9.59 Å². The van der Waals surface area contributed by atoms with Crippen LogP contribution in [0.1, 0.15) is 311 Å². The first kappa shape index (κ1) is 68.0. The Morgan fingerprint density at radius 1 is 0.409 bits per heavy atom. The highest BCUT2D eigenvalue weighted by Gasteiger charge is 2.18. The molecule has 0 rings (SSSR count). The van der Waals surface area contributed by atoms with Crippen LogP contribution in [0.25, 0.3) is 0 Å². The molecule has 0 spiro atoms. The van der Waals surface area contributed by atoms with Crippen LogP contribution in [0.5, 0.6) is 0 Å². The number of allylic oxidation sites excluding steroid dienone is 4. The third-order valence-corrected chi connectivity index (χ3v) is 12.7. The molecule has 0 aromatic heterocycles.